The number of hydrogen-bond acceptors (Lipinski definition) is 2. The molecule has 0 N–H and O–H groups in total. The molecule has 0 saturated carbocycles. The fourth-order valence-corrected chi connectivity index (χ4v) is 2.20. The van der Waals surface area contributed by atoms with Crippen molar-refractivity contribution in [1.82, 2.24) is 4.98 Å². The van der Waals surface area contributed by atoms with Gasteiger partial charge in [-0.25, -0.2) is 4.98 Å². The molecule has 0 bridgehead atoms. The van der Waals surface area contributed by atoms with E-state index >= 15 is 0 Å². The van der Waals surface area contributed by atoms with Gasteiger partial charge in [-0.2, -0.15) is 18.4 Å². The summed E-state index contributed by atoms with van der Waals surface area (Å²) in [6.07, 6.45) is -4.02. The van der Waals surface area contributed by atoms with Gasteiger partial charge in [-0.1, -0.05) is 11.6 Å². The number of halogens is 4. The van der Waals surface area contributed by atoms with Crippen molar-refractivity contribution < 1.29 is 13.2 Å². The smallest absolute Gasteiger partial charge is 0.239 e. The summed E-state index contributed by atoms with van der Waals surface area (Å²) in [5, 5.41) is 8.82. The number of fused-ring (bicyclic) bond motifs is 1. The van der Waals surface area contributed by atoms with E-state index in [-0.39, 0.29) is 30.0 Å². The third-order valence-corrected chi connectivity index (χ3v) is 3.21. The molecule has 90 valence electrons. The van der Waals surface area contributed by atoms with Crippen molar-refractivity contribution in [2.75, 3.05) is 0 Å². The van der Waals surface area contributed by atoms with Crippen LogP contribution in [0.25, 0.3) is 0 Å². The van der Waals surface area contributed by atoms with Crippen molar-refractivity contribution in [2.45, 2.75) is 25.4 Å². The van der Waals surface area contributed by atoms with Crippen LogP contribution in [0.3, 0.4) is 0 Å². The van der Waals surface area contributed by atoms with E-state index in [9.17, 15) is 13.2 Å². The molecule has 1 unspecified atom stereocenters. The molecule has 0 saturated heterocycles. The molecular weight excluding hydrogens is 253 g/mol. The first-order valence-electron chi connectivity index (χ1n) is 5.07. The standard InChI is InChI=1S/C11H8ClF3N2/c12-10-7(5-16)3-6-4-8(11(13,14)15)1-2-9(6)17-10/h3,8H,1-2,4H2. The summed E-state index contributed by atoms with van der Waals surface area (Å²) in [5.74, 6) is -1.34. The lowest BCUT2D eigenvalue weighted by Crippen LogP contribution is -2.29. The Bertz CT molecular complexity index is 491. The highest BCUT2D eigenvalue weighted by molar-refractivity contribution is 6.30. The average molecular weight is 261 g/mol. The van der Waals surface area contributed by atoms with Gasteiger partial charge in [-0.3, -0.25) is 0 Å². The predicted octanol–water partition coefficient (Wildman–Crippen LogP) is 3.27. The molecule has 2 nitrogen and oxygen atoms in total. The second-order valence-corrected chi connectivity index (χ2v) is 4.38. The zero-order chi connectivity index (χ0) is 12.6. The second kappa shape index (κ2) is 4.19. The molecule has 0 spiro atoms. The summed E-state index contributed by atoms with van der Waals surface area (Å²) in [4.78, 5) is 3.98. The van der Waals surface area contributed by atoms with Crippen LogP contribution in [-0.2, 0) is 12.8 Å². The maximum Gasteiger partial charge on any atom is 0.392 e. The van der Waals surface area contributed by atoms with E-state index in [4.69, 9.17) is 16.9 Å². The summed E-state index contributed by atoms with van der Waals surface area (Å²) in [5.41, 5.74) is 1.20. The zero-order valence-corrected chi connectivity index (χ0v) is 9.44. The van der Waals surface area contributed by atoms with Gasteiger partial charge < -0.3 is 0 Å². The summed E-state index contributed by atoms with van der Waals surface area (Å²) < 4.78 is 37.8. The van der Waals surface area contributed by atoms with Crippen molar-refractivity contribution in [2.24, 2.45) is 5.92 Å². The minimum Gasteiger partial charge on any atom is -0.239 e. The fourth-order valence-electron chi connectivity index (χ4n) is 2.00. The monoisotopic (exact) mass is 260 g/mol. The molecule has 1 atom stereocenters. The van der Waals surface area contributed by atoms with E-state index in [0.29, 0.717) is 11.3 Å². The van der Waals surface area contributed by atoms with Crippen LogP contribution in [0.2, 0.25) is 5.15 Å². The Labute approximate surface area is 101 Å². The molecule has 1 heterocycles. The summed E-state index contributed by atoms with van der Waals surface area (Å²) in [6, 6.07) is 3.24. The normalized spacial score (nSPS) is 19.6. The van der Waals surface area contributed by atoms with Crippen LogP contribution >= 0.6 is 11.6 Å². The maximum atomic E-state index is 12.6. The number of nitriles is 1. The number of nitrogens with zero attached hydrogens (tertiary/aromatic N) is 2. The Balaban J connectivity index is 2.35. The number of aromatic nitrogens is 1. The van der Waals surface area contributed by atoms with Crippen LogP contribution in [0.15, 0.2) is 6.07 Å². The minimum atomic E-state index is -4.19. The molecule has 0 radical (unpaired) electrons. The molecule has 17 heavy (non-hydrogen) atoms. The molecule has 1 aromatic heterocycles. The van der Waals surface area contributed by atoms with E-state index in [2.05, 4.69) is 4.98 Å². The minimum absolute atomic E-state index is 0.0335. The van der Waals surface area contributed by atoms with E-state index < -0.39 is 12.1 Å². The molecule has 1 aliphatic carbocycles. The zero-order valence-electron chi connectivity index (χ0n) is 8.68. The van der Waals surface area contributed by atoms with Crippen molar-refractivity contribution in [1.29, 1.82) is 5.26 Å². The highest BCUT2D eigenvalue weighted by Gasteiger charge is 2.41. The average Bonchev–Trinajstić information content (AvgIpc) is 2.26. The van der Waals surface area contributed by atoms with Gasteiger partial charge in [0.15, 0.2) is 0 Å². The van der Waals surface area contributed by atoms with Crippen LogP contribution in [-0.4, -0.2) is 11.2 Å². The Morgan fingerprint density at radius 3 is 2.76 bits per heavy atom. The lowest BCUT2D eigenvalue weighted by molar-refractivity contribution is -0.177. The van der Waals surface area contributed by atoms with Crippen molar-refractivity contribution in [3.05, 3.63) is 28.0 Å². The van der Waals surface area contributed by atoms with Crippen LogP contribution in [0.4, 0.5) is 13.2 Å². The highest BCUT2D eigenvalue weighted by atomic mass is 35.5. The van der Waals surface area contributed by atoms with E-state index in [1.807, 2.05) is 6.07 Å². The first-order chi connectivity index (χ1) is 7.91. The third kappa shape index (κ3) is 2.37. The van der Waals surface area contributed by atoms with Gasteiger partial charge in [-0.05, 0) is 30.9 Å². The van der Waals surface area contributed by atoms with Crippen LogP contribution in [0, 0.1) is 17.2 Å². The van der Waals surface area contributed by atoms with Crippen molar-refractivity contribution in [3.8, 4) is 6.07 Å². The lowest BCUT2D eigenvalue weighted by atomic mass is 9.86. The molecule has 0 aliphatic heterocycles. The van der Waals surface area contributed by atoms with Gasteiger partial charge >= 0.3 is 6.18 Å². The molecule has 0 aromatic carbocycles. The molecular formula is C11H8ClF3N2. The Morgan fingerprint density at radius 2 is 2.18 bits per heavy atom. The van der Waals surface area contributed by atoms with E-state index in [1.54, 1.807) is 0 Å². The first-order valence-corrected chi connectivity index (χ1v) is 5.44. The molecule has 6 heteroatoms. The molecule has 1 aliphatic rings. The number of aryl methyl sites for hydroxylation is 1. The van der Waals surface area contributed by atoms with Crippen LogP contribution in [0.5, 0.6) is 0 Å². The lowest BCUT2D eigenvalue weighted by Gasteiger charge is -2.26. The summed E-state index contributed by atoms with van der Waals surface area (Å²) >= 11 is 5.73. The van der Waals surface area contributed by atoms with Crippen molar-refractivity contribution in [3.63, 3.8) is 0 Å². The quantitative estimate of drug-likeness (QED) is 0.671. The SMILES string of the molecule is N#Cc1cc2c(nc1Cl)CCC(C(F)(F)F)C2. The van der Waals surface area contributed by atoms with Crippen LogP contribution in [0.1, 0.15) is 23.2 Å². The van der Waals surface area contributed by atoms with Gasteiger partial charge in [-0.15, -0.1) is 0 Å². The van der Waals surface area contributed by atoms with Gasteiger partial charge in [0.2, 0.25) is 0 Å². The number of pyridine rings is 1. The maximum absolute atomic E-state index is 12.6. The van der Waals surface area contributed by atoms with Crippen LogP contribution < -0.4 is 0 Å². The molecule has 2 rings (SSSR count). The largest absolute Gasteiger partial charge is 0.392 e. The fraction of sp³-hybridized carbons (Fsp3) is 0.455. The molecule has 0 fully saturated rings. The van der Waals surface area contributed by atoms with E-state index in [1.165, 1.54) is 6.07 Å². The highest BCUT2D eigenvalue weighted by Crippen LogP contribution is 2.37. The Morgan fingerprint density at radius 1 is 1.47 bits per heavy atom. The van der Waals surface area contributed by atoms with Crippen molar-refractivity contribution >= 4 is 11.6 Å². The van der Waals surface area contributed by atoms with Gasteiger partial charge in [0, 0.05) is 5.69 Å². The number of rotatable bonds is 0. The second-order valence-electron chi connectivity index (χ2n) is 4.03. The third-order valence-electron chi connectivity index (χ3n) is 2.92. The predicted molar refractivity (Wildman–Crippen MR) is 55.5 cm³/mol. The summed E-state index contributed by atoms with van der Waals surface area (Å²) in [7, 11) is 0. The molecule has 0 amide bonds. The van der Waals surface area contributed by atoms with Gasteiger partial charge in [0.1, 0.15) is 11.2 Å². The molecule has 1 aromatic rings. The topological polar surface area (TPSA) is 36.7 Å². The van der Waals surface area contributed by atoms with E-state index in [0.717, 1.165) is 0 Å². The Kier molecular flexibility index (Phi) is 3.00. The number of alkyl halides is 3. The van der Waals surface area contributed by atoms with Gasteiger partial charge in [0.25, 0.3) is 0 Å². The Hall–Kier alpha value is -1.28. The first kappa shape index (κ1) is 12.2. The summed E-state index contributed by atoms with van der Waals surface area (Å²) in [6.45, 7) is 0. The van der Waals surface area contributed by atoms with Gasteiger partial charge in [0.05, 0.1) is 11.5 Å². The number of hydrogen-bond donors (Lipinski definition) is 0.